The molecule has 2 aliphatic heterocycles. The molecule has 3 N–H and O–H groups in total. The van der Waals surface area contributed by atoms with Crippen LogP contribution in [0.2, 0.25) is 0 Å². The van der Waals surface area contributed by atoms with Crippen LogP contribution in [0.1, 0.15) is 31.7 Å². The fourth-order valence-electron chi connectivity index (χ4n) is 3.48. The van der Waals surface area contributed by atoms with Gasteiger partial charge in [-0.2, -0.15) is 0 Å². The van der Waals surface area contributed by atoms with Gasteiger partial charge in [-0.25, -0.2) is 4.99 Å². The second-order valence-electron chi connectivity index (χ2n) is 6.67. The first-order valence-electron chi connectivity index (χ1n) is 9.30. The van der Waals surface area contributed by atoms with Gasteiger partial charge in [-0.05, 0) is 43.9 Å². The van der Waals surface area contributed by atoms with Crippen LogP contribution in [0, 0.1) is 0 Å². The summed E-state index contributed by atoms with van der Waals surface area (Å²) in [7, 11) is 1.71. The number of methoxy groups -OCH3 is 1. The molecule has 0 saturated carbocycles. The molecular weight excluding hydrogens is 443 g/mol. The van der Waals surface area contributed by atoms with Crippen LogP contribution in [0.15, 0.2) is 29.3 Å². The van der Waals surface area contributed by atoms with E-state index in [2.05, 4.69) is 47.1 Å². The first kappa shape index (κ1) is 21.2. The number of halogens is 1. The third kappa shape index (κ3) is 5.99. The number of aliphatic imine (C=N–C) groups is 1. The van der Waals surface area contributed by atoms with Crippen molar-refractivity contribution in [1.82, 2.24) is 10.6 Å². The highest BCUT2D eigenvalue weighted by Gasteiger charge is 2.41. The lowest BCUT2D eigenvalue weighted by Gasteiger charge is -2.22. The predicted molar refractivity (Wildman–Crippen MR) is 116 cm³/mol. The molecule has 3 unspecified atom stereocenters. The summed E-state index contributed by atoms with van der Waals surface area (Å²) in [5.41, 5.74) is 2.30. The zero-order valence-corrected chi connectivity index (χ0v) is 18.0. The quantitative estimate of drug-likeness (QED) is 0.234. The van der Waals surface area contributed by atoms with Gasteiger partial charge in [-0.3, -0.25) is 0 Å². The fourth-order valence-corrected chi connectivity index (χ4v) is 3.48. The van der Waals surface area contributed by atoms with Crippen LogP contribution in [-0.2, 0) is 16.0 Å². The van der Waals surface area contributed by atoms with Crippen molar-refractivity contribution in [3.8, 4) is 0 Å². The van der Waals surface area contributed by atoms with Crippen molar-refractivity contribution >= 4 is 35.6 Å². The fraction of sp³-hybridized carbons (Fsp3) is 0.632. The standard InChI is InChI=1S/C19H30N4O2.HI/c1-3-20-19(23-17-12-16-8-9-18(17)25-16)22-13-14-4-6-15(7-5-14)21-10-11-24-2;/h4-7,16-18,21H,3,8-13H2,1-2H3,(H2,20,22,23);1H. The van der Waals surface area contributed by atoms with Crippen LogP contribution in [0.4, 0.5) is 5.69 Å². The molecule has 146 valence electrons. The Kier molecular flexibility index (Phi) is 8.94. The third-order valence-electron chi connectivity index (χ3n) is 4.78. The number of benzene rings is 1. The molecule has 3 atom stereocenters. The summed E-state index contributed by atoms with van der Waals surface area (Å²) < 4.78 is 11.0. The minimum Gasteiger partial charge on any atom is -0.383 e. The molecular formula is C19H31IN4O2. The van der Waals surface area contributed by atoms with Crippen LogP contribution in [0.5, 0.6) is 0 Å². The summed E-state index contributed by atoms with van der Waals surface area (Å²) in [5, 5.41) is 10.2. The van der Waals surface area contributed by atoms with E-state index in [1.807, 2.05) is 0 Å². The van der Waals surface area contributed by atoms with E-state index in [9.17, 15) is 0 Å². The molecule has 0 amide bonds. The Labute approximate surface area is 173 Å². The average molecular weight is 474 g/mol. The second-order valence-corrected chi connectivity index (χ2v) is 6.67. The first-order valence-corrected chi connectivity index (χ1v) is 9.30. The molecule has 6 nitrogen and oxygen atoms in total. The Morgan fingerprint density at radius 3 is 2.69 bits per heavy atom. The highest BCUT2D eigenvalue weighted by Crippen LogP contribution is 2.34. The van der Waals surface area contributed by atoms with Crippen molar-refractivity contribution in [1.29, 1.82) is 0 Å². The Hall–Kier alpha value is -1.06. The molecule has 2 aliphatic rings. The number of nitrogens with one attached hydrogen (secondary N) is 3. The van der Waals surface area contributed by atoms with Crippen LogP contribution in [0.3, 0.4) is 0 Å². The molecule has 2 bridgehead atoms. The summed E-state index contributed by atoms with van der Waals surface area (Å²) in [6.45, 7) is 5.13. The van der Waals surface area contributed by atoms with Gasteiger partial charge >= 0.3 is 0 Å². The molecule has 26 heavy (non-hydrogen) atoms. The average Bonchev–Trinajstić information content (AvgIpc) is 3.24. The van der Waals surface area contributed by atoms with Gasteiger partial charge in [0.2, 0.25) is 0 Å². The Bertz CT molecular complexity index is 567. The molecule has 7 heteroatoms. The van der Waals surface area contributed by atoms with E-state index in [1.165, 1.54) is 18.4 Å². The topological polar surface area (TPSA) is 66.9 Å². The number of guanidine groups is 1. The molecule has 3 rings (SSSR count). The SMILES string of the molecule is CCNC(=NCc1ccc(NCCOC)cc1)NC1CC2CCC1O2.I. The highest BCUT2D eigenvalue weighted by molar-refractivity contribution is 14.0. The molecule has 0 radical (unpaired) electrons. The van der Waals surface area contributed by atoms with Crippen LogP contribution >= 0.6 is 24.0 Å². The van der Waals surface area contributed by atoms with E-state index in [0.29, 0.717) is 31.4 Å². The van der Waals surface area contributed by atoms with Crippen molar-refractivity contribution in [3.63, 3.8) is 0 Å². The number of fused-ring (bicyclic) bond motifs is 2. The Morgan fingerprint density at radius 2 is 2.08 bits per heavy atom. The summed E-state index contributed by atoms with van der Waals surface area (Å²) in [4.78, 5) is 4.73. The lowest BCUT2D eigenvalue weighted by molar-refractivity contribution is 0.0992. The smallest absolute Gasteiger partial charge is 0.191 e. The third-order valence-corrected chi connectivity index (χ3v) is 4.78. The van der Waals surface area contributed by atoms with Gasteiger partial charge in [0.05, 0.1) is 31.4 Å². The predicted octanol–water partition coefficient (Wildman–Crippen LogP) is 2.74. The monoisotopic (exact) mass is 474 g/mol. The molecule has 0 aromatic heterocycles. The van der Waals surface area contributed by atoms with Gasteiger partial charge in [0.15, 0.2) is 5.96 Å². The highest BCUT2D eigenvalue weighted by atomic mass is 127. The summed E-state index contributed by atoms with van der Waals surface area (Å²) in [6, 6.07) is 8.80. The Balaban J connectivity index is 0.00000243. The molecule has 1 aromatic carbocycles. The van der Waals surface area contributed by atoms with Gasteiger partial charge in [0.1, 0.15) is 0 Å². The maximum Gasteiger partial charge on any atom is 0.191 e. The van der Waals surface area contributed by atoms with Gasteiger partial charge in [-0.15, -0.1) is 24.0 Å². The van der Waals surface area contributed by atoms with Crippen LogP contribution in [0.25, 0.3) is 0 Å². The van der Waals surface area contributed by atoms with Crippen molar-refractivity contribution in [2.75, 3.05) is 32.1 Å². The van der Waals surface area contributed by atoms with E-state index in [4.69, 9.17) is 14.5 Å². The zero-order chi connectivity index (χ0) is 17.5. The zero-order valence-electron chi connectivity index (χ0n) is 15.7. The van der Waals surface area contributed by atoms with E-state index in [0.717, 1.165) is 31.2 Å². The van der Waals surface area contributed by atoms with Crippen LogP contribution in [-0.4, -0.2) is 51.0 Å². The maximum atomic E-state index is 5.92. The van der Waals surface area contributed by atoms with Crippen LogP contribution < -0.4 is 16.0 Å². The number of nitrogens with zero attached hydrogens (tertiary/aromatic N) is 1. The largest absolute Gasteiger partial charge is 0.383 e. The van der Waals surface area contributed by atoms with Gasteiger partial charge in [0, 0.05) is 25.9 Å². The first-order chi connectivity index (χ1) is 12.3. The maximum absolute atomic E-state index is 5.92. The van der Waals surface area contributed by atoms with Crippen molar-refractivity contribution in [2.24, 2.45) is 4.99 Å². The number of hydrogen-bond donors (Lipinski definition) is 3. The van der Waals surface area contributed by atoms with Crippen molar-refractivity contribution in [3.05, 3.63) is 29.8 Å². The minimum atomic E-state index is 0. The summed E-state index contributed by atoms with van der Waals surface area (Å²) >= 11 is 0. The molecule has 2 saturated heterocycles. The van der Waals surface area contributed by atoms with E-state index < -0.39 is 0 Å². The second kappa shape index (κ2) is 10.9. The molecule has 2 heterocycles. The lowest BCUT2D eigenvalue weighted by Crippen LogP contribution is -2.47. The molecule has 1 aromatic rings. The molecule has 0 aliphatic carbocycles. The van der Waals surface area contributed by atoms with Crippen molar-refractivity contribution < 1.29 is 9.47 Å². The molecule has 2 fully saturated rings. The summed E-state index contributed by atoms with van der Waals surface area (Å²) in [5.74, 6) is 0.881. The van der Waals surface area contributed by atoms with E-state index in [-0.39, 0.29) is 24.0 Å². The lowest BCUT2D eigenvalue weighted by atomic mass is 9.96. The number of hydrogen-bond acceptors (Lipinski definition) is 4. The normalized spacial score (nSPS) is 24.2. The van der Waals surface area contributed by atoms with Gasteiger partial charge in [0.25, 0.3) is 0 Å². The van der Waals surface area contributed by atoms with E-state index >= 15 is 0 Å². The van der Waals surface area contributed by atoms with Crippen molar-refractivity contribution in [2.45, 2.75) is 51.0 Å². The van der Waals surface area contributed by atoms with Gasteiger partial charge in [-0.1, -0.05) is 12.1 Å². The molecule has 0 spiro atoms. The minimum absolute atomic E-state index is 0. The number of rotatable bonds is 8. The summed E-state index contributed by atoms with van der Waals surface area (Å²) in [6.07, 6.45) is 4.27. The number of ether oxygens (including phenoxy) is 2. The Morgan fingerprint density at radius 1 is 1.27 bits per heavy atom. The van der Waals surface area contributed by atoms with Gasteiger partial charge < -0.3 is 25.4 Å². The van der Waals surface area contributed by atoms with E-state index in [1.54, 1.807) is 7.11 Å². The number of anilines is 1.